The molecule has 0 amide bonds. The van der Waals surface area contributed by atoms with Crippen LogP contribution in [0.5, 0.6) is 11.5 Å². The quantitative estimate of drug-likeness (QED) is 0.512. The Balaban J connectivity index is 1.94. The van der Waals surface area contributed by atoms with Crippen molar-refractivity contribution in [3.8, 4) is 11.5 Å². The number of aliphatic hydroxyl groups excluding tert-OH is 1. The van der Waals surface area contributed by atoms with Crippen LogP contribution in [0.3, 0.4) is 0 Å². The first-order chi connectivity index (χ1) is 14.1. The van der Waals surface area contributed by atoms with Crippen molar-refractivity contribution >= 4 is 12.9 Å². The second kappa shape index (κ2) is 9.72. The maximum Gasteiger partial charge on any atom is 0.362 e. The van der Waals surface area contributed by atoms with Gasteiger partial charge in [-0.05, 0) is 23.3 Å². The van der Waals surface area contributed by atoms with E-state index in [1.54, 1.807) is 0 Å². The second-order valence-corrected chi connectivity index (χ2v) is 8.36. The van der Waals surface area contributed by atoms with E-state index in [0.717, 1.165) is 11.1 Å². The molecule has 0 radical (unpaired) electrons. The number of phenols is 1. The molecule has 3 aromatic rings. The molecule has 0 aliphatic rings. The van der Waals surface area contributed by atoms with Crippen molar-refractivity contribution < 1.29 is 28.6 Å². The van der Waals surface area contributed by atoms with Crippen LogP contribution in [0.2, 0.25) is 0 Å². The average Bonchev–Trinajstić information content (AvgIpc) is 2.78. The maximum absolute atomic E-state index is 13.7. The summed E-state index contributed by atoms with van der Waals surface area (Å²) in [5, 5.41) is 19.9. The van der Waals surface area contributed by atoms with Gasteiger partial charge in [-0.25, -0.2) is 0 Å². The van der Waals surface area contributed by atoms with Gasteiger partial charge in [-0.3, -0.25) is 4.57 Å². The number of benzene rings is 3. The van der Waals surface area contributed by atoms with Gasteiger partial charge in [0.25, 0.3) is 0 Å². The maximum atomic E-state index is 13.7. The van der Waals surface area contributed by atoms with Crippen LogP contribution in [0.15, 0.2) is 72.8 Å². The molecule has 3 aromatic carbocycles. The number of hydrogen-bond donors (Lipinski definition) is 2. The first kappa shape index (κ1) is 21.1. The van der Waals surface area contributed by atoms with E-state index in [1.807, 2.05) is 60.7 Å². The fourth-order valence-electron chi connectivity index (χ4n) is 2.74. The average molecular weight is 414 g/mol. The minimum atomic E-state index is -3.80. The molecular formula is C22H23O6P. The molecule has 0 bridgehead atoms. The molecule has 0 aliphatic carbocycles. The number of rotatable bonds is 9. The van der Waals surface area contributed by atoms with Crippen LogP contribution in [-0.2, 0) is 33.4 Å². The highest BCUT2D eigenvalue weighted by Crippen LogP contribution is 2.50. The standard InChI is InChI=1S/C22H23O6P/c1-26-21-13-20(12-19(14-23)22(21)24)29(25,27-15-17-8-4-2-5-9-17)28-16-18-10-6-3-7-11-18/h2-13,23-24H,14-16H2,1H3. The second-order valence-electron chi connectivity index (χ2n) is 6.33. The van der Waals surface area contributed by atoms with Crippen LogP contribution in [-0.4, -0.2) is 17.3 Å². The van der Waals surface area contributed by atoms with Gasteiger partial charge in [0.15, 0.2) is 11.5 Å². The molecule has 0 saturated carbocycles. The zero-order valence-electron chi connectivity index (χ0n) is 16.0. The van der Waals surface area contributed by atoms with E-state index < -0.39 is 14.2 Å². The minimum Gasteiger partial charge on any atom is -0.504 e. The smallest absolute Gasteiger partial charge is 0.362 e. The lowest BCUT2D eigenvalue weighted by Gasteiger charge is -2.21. The lowest BCUT2D eigenvalue weighted by molar-refractivity contribution is 0.200. The van der Waals surface area contributed by atoms with E-state index in [-0.39, 0.29) is 35.6 Å². The third-order valence-corrected chi connectivity index (χ3v) is 6.16. The highest BCUT2D eigenvalue weighted by molar-refractivity contribution is 7.62. The summed E-state index contributed by atoms with van der Waals surface area (Å²) in [7, 11) is -2.43. The Hall–Kier alpha value is -2.63. The van der Waals surface area contributed by atoms with Crippen LogP contribution in [0.1, 0.15) is 16.7 Å². The van der Waals surface area contributed by atoms with Crippen molar-refractivity contribution in [2.75, 3.05) is 7.11 Å². The monoisotopic (exact) mass is 414 g/mol. The fourth-order valence-corrected chi connectivity index (χ4v) is 4.34. The van der Waals surface area contributed by atoms with Gasteiger partial charge >= 0.3 is 7.60 Å². The first-order valence-corrected chi connectivity index (χ1v) is 10.6. The SMILES string of the molecule is COc1cc(P(=O)(OCc2ccccc2)OCc2ccccc2)cc(CO)c1O. The van der Waals surface area contributed by atoms with Crippen molar-refractivity contribution in [3.63, 3.8) is 0 Å². The summed E-state index contributed by atoms with van der Waals surface area (Å²) >= 11 is 0. The summed E-state index contributed by atoms with van der Waals surface area (Å²) in [6.07, 6.45) is 0. The zero-order chi connectivity index (χ0) is 20.7. The van der Waals surface area contributed by atoms with Crippen molar-refractivity contribution in [1.29, 1.82) is 0 Å². The highest BCUT2D eigenvalue weighted by Gasteiger charge is 2.30. The molecule has 0 atom stereocenters. The van der Waals surface area contributed by atoms with Crippen molar-refractivity contribution in [2.24, 2.45) is 0 Å². The topological polar surface area (TPSA) is 85.2 Å². The van der Waals surface area contributed by atoms with E-state index in [9.17, 15) is 14.8 Å². The summed E-state index contributed by atoms with van der Waals surface area (Å²) in [4.78, 5) is 0. The highest BCUT2D eigenvalue weighted by atomic mass is 31.2. The predicted octanol–water partition coefficient (Wildman–Crippen LogP) is 4.15. The Kier molecular flexibility index (Phi) is 7.07. The molecule has 0 heterocycles. The van der Waals surface area contributed by atoms with E-state index in [1.165, 1.54) is 19.2 Å². The Morgan fingerprint density at radius 2 is 1.38 bits per heavy atom. The van der Waals surface area contributed by atoms with Gasteiger partial charge in [-0.2, -0.15) is 0 Å². The Bertz CT molecular complexity index is 903. The van der Waals surface area contributed by atoms with Crippen molar-refractivity contribution in [3.05, 3.63) is 89.5 Å². The summed E-state index contributed by atoms with van der Waals surface area (Å²) in [5.41, 5.74) is 1.85. The van der Waals surface area contributed by atoms with Crippen molar-refractivity contribution in [2.45, 2.75) is 19.8 Å². The van der Waals surface area contributed by atoms with Gasteiger partial charge in [0.05, 0.1) is 32.2 Å². The molecule has 7 heteroatoms. The van der Waals surface area contributed by atoms with Gasteiger partial charge in [0, 0.05) is 5.56 Å². The number of aromatic hydroxyl groups is 1. The van der Waals surface area contributed by atoms with Gasteiger partial charge < -0.3 is 24.0 Å². The van der Waals surface area contributed by atoms with Crippen LogP contribution < -0.4 is 10.0 Å². The van der Waals surface area contributed by atoms with Crippen LogP contribution in [0.4, 0.5) is 0 Å². The molecule has 0 saturated heterocycles. The minimum absolute atomic E-state index is 0.0740. The summed E-state index contributed by atoms with van der Waals surface area (Å²) in [6.45, 7) is -0.303. The number of methoxy groups -OCH3 is 1. The van der Waals surface area contributed by atoms with E-state index in [4.69, 9.17) is 13.8 Å². The van der Waals surface area contributed by atoms with Crippen molar-refractivity contribution in [1.82, 2.24) is 0 Å². The molecule has 0 aliphatic heterocycles. The molecule has 6 nitrogen and oxygen atoms in total. The lowest BCUT2D eigenvalue weighted by Crippen LogP contribution is -2.13. The molecular weight excluding hydrogens is 391 g/mol. The van der Waals surface area contributed by atoms with Crippen LogP contribution in [0.25, 0.3) is 0 Å². The Morgan fingerprint density at radius 1 is 0.862 bits per heavy atom. The Morgan fingerprint density at radius 3 is 1.83 bits per heavy atom. The zero-order valence-corrected chi connectivity index (χ0v) is 16.9. The van der Waals surface area contributed by atoms with E-state index in [2.05, 4.69) is 0 Å². The molecule has 0 unspecified atom stereocenters. The third-order valence-electron chi connectivity index (χ3n) is 4.33. The van der Waals surface area contributed by atoms with Gasteiger partial charge in [0.1, 0.15) is 0 Å². The largest absolute Gasteiger partial charge is 0.504 e. The van der Waals surface area contributed by atoms with Gasteiger partial charge in [-0.15, -0.1) is 0 Å². The molecule has 29 heavy (non-hydrogen) atoms. The predicted molar refractivity (Wildman–Crippen MR) is 110 cm³/mol. The Labute approximate surface area is 169 Å². The number of hydrogen-bond acceptors (Lipinski definition) is 6. The molecule has 2 N–H and O–H groups in total. The van der Waals surface area contributed by atoms with Crippen LogP contribution in [0, 0.1) is 0 Å². The molecule has 152 valence electrons. The van der Waals surface area contributed by atoms with E-state index >= 15 is 0 Å². The summed E-state index contributed by atoms with van der Waals surface area (Å²) < 4.78 is 30.5. The third kappa shape index (κ3) is 5.25. The lowest BCUT2D eigenvalue weighted by atomic mass is 10.2. The number of ether oxygens (including phenoxy) is 1. The summed E-state index contributed by atoms with van der Waals surface area (Å²) in [5.74, 6) is -0.130. The molecule has 0 spiro atoms. The van der Waals surface area contributed by atoms with Crippen LogP contribution >= 0.6 is 7.60 Å². The van der Waals surface area contributed by atoms with E-state index in [0.29, 0.717) is 0 Å². The molecule has 3 rings (SSSR count). The molecule has 0 aromatic heterocycles. The number of aliphatic hydroxyl groups is 1. The fraction of sp³-hybridized carbons (Fsp3) is 0.182. The first-order valence-electron chi connectivity index (χ1n) is 9.04. The normalized spacial score (nSPS) is 11.4. The van der Waals surface area contributed by atoms with Gasteiger partial charge in [0.2, 0.25) is 0 Å². The van der Waals surface area contributed by atoms with Gasteiger partial charge in [-0.1, -0.05) is 60.7 Å². The molecule has 0 fully saturated rings. The summed E-state index contributed by atoms with van der Waals surface area (Å²) in [6, 6.07) is 21.5.